The molecule has 188 valence electrons. The molecule has 9 nitrogen and oxygen atoms in total. The van der Waals surface area contributed by atoms with E-state index in [1.165, 1.54) is 32.6 Å². The van der Waals surface area contributed by atoms with Gasteiger partial charge in [-0.05, 0) is 47.5 Å². The summed E-state index contributed by atoms with van der Waals surface area (Å²) in [5.41, 5.74) is 2.20. The van der Waals surface area contributed by atoms with Gasteiger partial charge in [-0.1, -0.05) is 18.2 Å². The molecule has 2 heterocycles. The van der Waals surface area contributed by atoms with Crippen LogP contribution in [0.15, 0.2) is 70.1 Å². The molecule has 0 unspecified atom stereocenters. The Morgan fingerprint density at radius 1 is 1.03 bits per heavy atom. The van der Waals surface area contributed by atoms with Crippen LogP contribution in [0.25, 0.3) is 22.1 Å². The van der Waals surface area contributed by atoms with E-state index >= 15 is 0 Å². The molecule has 0 fully saturated rings. The first-order valence-corrected chi connectivity index (χ1v) is 11.4. The highest BCUT2D eigenvalue weighted by Gasteiger charge is 2.33. The fourth-order valence-electron chi connectivity index (χ4n) is 4.40. The number of rotatable bonds is 6. The average molecular weight is 502 g/mol. The van der Waals surface area contributed by atoms with Crippen LogP contribution in [0.5, 0.6) is 23.0 Å². The molecule has 0 aliphatic carbocycles. The molecule has 0 radical (unpaired) electrons. The van der Waals surface area contributed by atoms with Crippen molar-refractivity contribution in [2.24, 2.45) is 0 Å². The maximum Gasteiger partial charge on any atom is 0.343 e. The van der Waals surface area contributed by atoms with Crippen molar-refractivity contribution >= 4 is 22.9 Å². The van der Waals surface area contributed by atoms with Gasteiger partial charge in [-0.3, -0.25) is 9.59 Å². The quantitative estimate of drug-likeness (QED) is 0.306. The van der Waals surface area contributed by atoms with Crippen LogP contribution in [0, 0.1) is 0 Å². The van der Waals surface area contributed by atoms with Gasteiger partial charge in [0.2, 0.25) is 5.43 Å². The lowest BCUT2D eigenvalue weighted by Gasteiger charge is -2.26. The molecular formula is C28H22O9. The van der Waals surface area contributed by atoms with E-state index in [0.717, 1.165) is 0 Å². The van der Waals surface area contributed by atoms with Crippen molar-refractivity contribution in [2.75, 3.05) is 20.8 Å². The van der Waals surface area contributed by atoms with Crippen LogP contribution in [0.1, 0.15) is 23.5 Å². The predicted molar refractivity (Wildman–Crippen MR) is 132 cm³/mol. The van der Waals surface area contributed by atoms with Crippen LogP contribution in [0.2, 0.25) is 0 Å². The molecule has 9 heteroatoms. The minimum atomic E-state index is -0.559. The van der Waals surface area contributed by atoms with Crippen LogP contribution >= 0.6 is 0 Å². The SMILES string of the molecule is COC(=O)COc1cc([C@H]2CC(=O)Oc3ccc4c(=O)c(-c5ccc(O)cc5)coc4c32)ccc1OC. The number of carbonyl (C=O) groups excluding carboxylic acids is 2. The summed E-state index contributed by atoms with van der Waals surface area (Å²) in [5.74, 6) is -0.446. The molecule has 37 heavy (non-hydrogen) atoms. The number of hydrogen-bond donors (Lipinski definition) is 1. The minimum absolute atomic E-state index is 0.00168. The zero-order valence-electron chi connectivity index (χ0n) is 20.0. The highest BCUT2D eigenvalue weighted by atomic mass is 16.6. The molecule has 0 amide bonds. The molecule has 0 saturated heterocycles. The monoisotopic (exact) mass is 502 g/mol. The Bertz CT molecular complexity index is 1570. The van der Waals surface area contributed by atoms with E-state index < -0.39 is 17.9 Å². The summed E-state index contributed by atoms with van der Waals surface area (Å²) in [5, 5.41) is 9.90. The van der Waals surface area contributed by atoms with Gasteiger partial charge in [-0.15, -0.1) is 0 Å². The fourth-order valence-corrected chi connectivity index (χ4v) is 4.40. The first-order chi connectivity index (χ1) is 17.9. The van der Waals surface area contributed by atoms with Crippen LogP contribution in [0.3, 0.4) is 0 Å². The number of aromatic hydroxyl groups is 1. The van der Waals surface area contributed by atoms with E-state index in [1.54, 1.807) is 42.5 Å². The second-order valence-corrected chi connectivity index (χ2v) is 8.39. The van der Waals surface area contributed by atoms with Crippen molar-refractivity contribution in [1.82, 2.24) is 0 Å². The summed E-state index contributed by atoms with van der Waals surface area (Å²) < 4.78 is 27.1. The summed E-state index contributed by atoms with van der Waals surface area (Å²) in [4.78, 5) is 37.5. The van der Waals surface area contributed by atoms with Crippen molar-refractivity contribution in [3.05, 3.63) is 82.2 Å². The van der Waals surface area contributed by atoms with Gasteiger partial charge in [0.05, 0.1) is 31.6 Å². The normalized spacial score (nSPS) is 14.5. The fraction of sp³-hybridized carbons (Fsp3) is 0.179. The van der Waals surface area contributed by atoms with Gasteiger partial charge in [0, 0.05) is 11.5 Å². The molecule has 1 N–H and O–H groups in total. The van der Waals surface area contributed by atoms with Crippen molar-refractivity contribution in [3.63, 3.8) is 0 Å². The van der Waals surface area contributed by atoms with Gasteiger partial charge in [0.25, 0.3) is 0 Å². The number of phenols is 1. The predicted octanol–water partition coefficient (Wildman–Crippen LogP) is 4.17. The third-order valence-electron chi connectivity index (χ3n) is 6.22. The van der Waals surface area contributed by atoms with Gasteiger partial charge in [-0.25, -0.2) is 4.79 Å². The van der Waals surface area contributed by atoms with Crippen molar-refractivity contribution < 1.29 is 38.1 Å². The van der Waals surface area contributed by atoms with Crippen LogP contribution in [-0.4, -0.2) is 37.9 Å². The van der Waals surface area contributed by atoms with Crippen LogP contribution < -0.4 is 19.6 Å². The molecular weight excluding hydrogens is 480 g/mol. The number of methoxy groups -OCH3 is 2. The largest absolute Gasteiger partial charge is 0.508 e. The van der Waals surface area contributed by atoms with Gasteiger partial charge >= 0.3 is 11.9 Å². The standard InChI is InChI=1S/C28H22O9/c1-33-21-9-5-16(11-23(21)35-14-25(31)34-2)19-12-24(30)37-22-10-8-18-27(32)20(13-36-28(18)26(19)22)15-3-6-17(29)7-4-15/h3-11,13,19,29H,12,14H2,1-2H3/t19-/m1/s1. The molecule has 0 bridgehead atoms. The Kier molecular flexibility index (Phi) is 6.27. The Morgan fingerprint density at radius 2 is 1.81 bits per heavy atom. The zero-order valence-corrected chi connectivity index (χ0v) is 20.0. The molecule has 1 aromatic heterocycles. The van der Waals surface area contributed by atoms with Crippen molar-refractivity contribution in [2.45, 2.75) is 12.3 Å². The van der Waals surface area contributed by atoms with Gasteiger partial charge in [0.15, 0.2) is 18.1 Å². The number of ether oxygens (including phenoxy) is 4. The maximum atomic E-state index is 13.4. The van der Waals surface area contributed by atoms with E-state index in [0.29, 0.717) is 50.5 Å². The molecule has 1 atom stereocenters. The zero-order chi connectivity index (χ0) is 26.1. The molecule has 1 aliphatic rings. The first kappa shape index (κ1) is 23.9. The lowest BCUT2D eigenvalue weighted by atomic mass is 9.85. The Labute approximate surface area is 210 Å². The molecule has 0 spiro atoms. The Morgan fingerprint density at radius 3 is 2.54 bits per heavy atom. The van der Waals surface area contributed by atoms with E-state index in [9.17, 15) is 19.5 Å². The summed E-state index contributed by atoms with van der Waals surface area (Å²) in [6.45, 7) is -0.322. The number of carbonyl (C=O) groups is 2. The highest BCUT2D eigenvalue weighted by Crippen LogP contribution is 2.44. The molecule has 1 aliphatic heterocycles. The lowest BCUT2D eigenvalue weighted by molar-refractivity contribution is -0.143. The maximum absolute atomic E-state index is 13.4. The Balaban J connectivity index is 1.63. The number of esters is 2. The van der Waals surface area contributed by atoms with E-state index in [2.05, 4.69) is 4.74 Å². The summed E-state index contributed by atoms with van der Waals surface area (Å²) >= 11 is 0. The van der Waals surface area contributed by atoms with Crippen LogP contribution in [-0.2, 0) is 14.3 Å². The van der Waals surface area contributed by atoms with Crippen molar-refractivity contribution in [3.8, 4) is 34.1 Å². The molecule has 5 rings (SSSR count). The van der Waals surface area contributed by atoms with Gasteiger partial charge < -0.3 is 28.5 Å². The number of hydrogen-bond acceptors (Lipinski definition) is 9. The average Bonchev–Trinajstić information content (AvgIpc) is 2.91. The lowest BCUT2D eigenvalue weighted by Crippen LogP contribution is -2.22. The third-order valence-corrected chi connectivity index (χ3v) is 6.22. The molecule has 3 aromatic carbocycles. The second-order valence-electron chi connectivity index (χ2n) is 8.39. The second kappa shape index (κ2) is 9.69. The molecule has 4 aromatic rings. The number of phenolic OH excluding ortho intramolecular Hbond substituents is 1. The van der Waals surface area contributed by atoms with Gasteiger partial charge in [-0.2, -0.15) is 0 Å². The van der Waals surface area contributed by atoms with E-state index in [4.69, 9.17) is 18.6 Å². The first-order valence-electron chi connectivity index (χ1n) is 11.4. The summed E-state index contributed by atoms with van der Waals surface area (Å²) in [6.07, 6.45) is 1.36. The number of fused-ring (bicyclic) bond motifs is 3. The molecule has 0 saturated carbocycles. The third kappa shape index (κ3) is 4.47. The summed E-state index contributed by atoms with van der Waals surface area (Å²) in [6, 6.07) is 14.5. The van der Waals surface area contributed by atoms with E-state index in [1.807, 2.05) is 0 Å². The Hall–Kier alpha value is -4.79. The minimum Gasteiger partial charge on any atom is -0.508 e. The topological polar surface area (TPSA) is 122 Å². The number of benzene rings is 3. The highest BCUT2D eigenvalue weighted by molar-refractivity contribution is 5.90. The van der Waals surface area contributed by atoms with Crippen LogP contribution in [0.4, 0.5) is 0 Å². The van der Waals surface area contributed by atoms with Gasteiger partial charge in [0.1, 0.15) is 23.3 Å². The summed E-state index contributed by atoms with van der Waals surface area (Å²) in [7, 11) is 2.73. The smallest absolute Gasteiger partial charge is 0.343 e. The van der Waals surface area contributed by atoms with E-state index in [-0.39, 0.29) is 24.2 Å². The van der Waals surface area contributed by atoms with Crippen molar-refractivity contribution in [1.29, 1.82) is 0 Å².